The number of nitrogens with one attached hydrogen (secondary N) is 2. The van der Waals surface area contributed by atoms with Crippen molar-refractivity contribution >= 4 is 17.5 Å². The summed E-state index contributed by atoms with van der Waals surface area (Å²) in [5, 5.41) is 14.7. The van der Waals surface area contributed by atoms with Gasteiger partial charge in [-0.05, 0) is 31.4 Å². The Bertz CT molecular complexity index is 578. The van der Waals surface area contributed by atoms with Crippen molar-refractivity contribution in [2.45, 2.75) is 38.6 Å². The summed E-state index contributed by atoms with van der Waals surface area (Å²) >= 11 is 0. The molecule has 2 N–H and O–H groups in total. The number of hydrogen-bond acceptors (Lipinski definition) is 5. The first-order valence-electron chi connectivity index (χ1n) is 7.10. The fraction of sp³-hybridized carbons (Fsp3) is 0.400. The van der Waals surface area contributed by atoms with E-state index in [0.717, 1.165) is 11.5 Å². The van der Waals surface area contributed by atoms with Crippen LogP contribution in [0.3, 0.4) is 0 Å². The van der Waals surface area contributed by atoms with Gasteiger partial charge in [-0.15, -0.1) is 5.10 Å². The quantitative estimate of drug-likeness (QED) is 0.892. The van der Waals surface area contributed by atoms with E-state index in [1.807, 2.05) is 18.2 Å². The smallest absolute Gasteiger partial charge is 0.244 e. The second kappa shape index (κ2) is 5.86. The summed E-state index contributed by atoms with van der Waals surface area (Å²) in [7, 11) is 0. The normalized spacial score (nSPS) is 15.2. The molecule has 104 valence electrons. The summed E-state index contributed by atoms with van der Waals surface area (Å²) in [5.41, 5.74) is 2.22. The van der Waals surface area contributed by atoms with Crippen molar-refractivity contribution in [2.75, 3.05) is 10.6 Å². The van der Waals surface area contributed by atoms with Crippen LogP contribution in [0.4, 0.5) is 17.5 Å². The Morgan fingerprint density at radius 3 is 2.75 bits per heavy atom. The van der Waals surface area contributed by atoms with Crippen LogP contribution in [-0.4, -0.2) is 21.2 Å². The molecule has 1 heterocycles. The third kappa shape index (κ3) is 3.04. The summed E-state index contributed by atoms with van der Waals surface area (Å²) in [5.74, 6) is 1.32. The Labute approximate surface area is 118 Å². The maximum absolute atomic E-state index is 4.48. The molecule has 2 aromatic rings. The van der Waals surface area contributed by atoms with Crippen molar-refractivity contribution in [1.82, 2.24) is 15.2 Å². The van der Waals surface area contributed by atoms with Gasteiger partial charge in [-0.3, -0.25) is 0 Å². The predicted octanol–water partition coefficient (Wildman–Crippen LogP) is 3.28. The number of benzene rings is 1. The molecular formula is C15H19N5. The average Bonchev–Trinajstić information content (AvgIpc) is 2.95. The zero-order valence-corrected chi connectivity index (χ0v) is 11.6. The Morgan fingerprint density at radius 1 is 1.15 bits per heavy atom. The van der Waals surface area contributed by atoms with Crippen LogP contribution in [-0.2, 0) is 0 Å². The molecule has 1 saturated carbocycles. The highest BCUT2D eigenvalue weighted by Gasteiger charge is 2.15. The van der Waals surface area contributed by atoms with Crippen molar-refractivity contribution in [3.63, 3.8) is 0 Å². The van der Waals surface area contributed by atoms with Crippen LogP contribution in [0.1, 0.15) is 31.2 Å². The van der Waals surface area contributed by atoms with E-state index in [9.17, 15) is 0 Å². The van der Waals surface area contributed by atoms with Gasteiger partial charge in [0.2, 0.25) is 5.95 Å². The molecule has 5 heteroatoms. The van der Waals surface area contributed by atoms with Gasteiger partial charge in [0.05, 0.1) is 6.20 Å². The molecule has 1 fully saturated rings. The highest BCUT2D eigenvalue weighted by Crippen LogP contribution is 2.22. The first kappa shape index (κ1) is 12.8. The maximum atomic E-state index is 4.48. The van der Waals surface area contributed by atoms with Crippen LogP contribution in [0, 0.1) is 6.92 Å². The van der Waals surface area contributed by atoms with Gasteiger partial charge in [0.1, 0.15) is 0 Å². The summed E-state index contributed by atoms with van der Waals surface area (Å²) in [6, 6.07) is 8.61. The number of aromatic nitrogens is 3. The molecule has 0 unspecified atom stereocenters. The predicted molar refractivity (Wildman–Crippen MR) is 80.2 cm³/mol. The largest absolute Gasteiger partial charge is 0.350 e. The van der Waals surface area contributed by atoms with Gasteiger partial charge in [0, 0.05) is 11.7 Å². The average molecular weight is 269 g/mol. The lowest BCUT2D eigenvalue weighted by atomic mass is 10.2. The number of anilines is 3. The monoisotopic (exact) mass is 269 g/mol. The zero-order chi connectivity index (χ0) is 13.8. The van der Waals surface area contributed by atoms with E-state index in [1.54, 1.807) is 6.20 Å². The zero-order valence-electron chi connectivity index (χ0n) is 11.6. The second-order valence-electron chi connectivity index (χ2n) is 5.23. The molecule has 0 aliphatic heterocycles. The molecule has 1 aliphatic carbocycles. The second-order valence-corrected chi connectivity index (χ2v) is 5.23. The molecule has 1 aromatic carbocycles. The minimum absolute atomic E-state index is 0.491. The van der Waals surface area contributed by atoms with Crippen LogP contribution < -0.4 is 10.6 Å². The molecule has 1 aliphatic rings. The lowest BCUT2D eigenvalue weighted by molar-refractivity contribution is 0.738. The molecule has 5 nitrogen and oxygen atoms in total. The third-order valence-electron chi connectivity index (χ3n) is 3.66. The summed E-state index contributed by atoms with van der Waals surface area (Å²) in [6.45, 7) is 2.06. The van der Waals surface area contributed by atoms with E-state index in [-0.39, 0.29) is 0 Å². The lowest BCUT2D eigenvalue weighted by Gasteiger charge is -2.12. The van der Waals surface area contributed by atoms with Crippen LogP contribution >= 0.6 is 0 Å². The van der Waals surface area contributed by atoms with Gasteiger partial charge in [-0.25, -0.2) is 0 Å². The Kier molecular flexibility index (Phi) is 3.76. The van der Waals surface area contributed by atoms with Crippen molar-refractivity contribution in [3.05, 3.63) is 36.0 Å². The number of nitrogens with zero attached hydrogens (tertiary/aromatic N) is 3. The lowest BCUT2D eigenvalue weighted by Crippen LogP contribution is -2.17. The van der Waals surface area contributed by atoms with Crippen LogP contribution in [0.25, 0.3) is 0 Å². The van der Waals surface area contributed by atoms with Crippen molar-refractivity contribution in [2.24, 2.45) is 0 Å². The highest BCUT2D eigenvalue weighted by molar-refractivity contribution is 5.60. The van der Waals surface area contributed by atoms with E-state index in [1.165, 1.54) is 31.2 Å². The first-order chi connectivity index (χ1) is 9.81. The van der Waals surface area contributed by atoms with Gasteiger partial charge < -0.3 is 10.6 Å². The molecular weight excluding hydrogens is 250 g/mol. The van der Waals surface area contributed by atoms with E-state index in [4.69, 9.17) is 0 Å². The van der Waals surface area contributed by atoms with E-state index >= 15 is 0 Å². The Morgan fingerprint density at radius 2 is 1.95 bits per heavy atom. The molecule has 0 atom stereocenters. The number of aryl methyl sites for hydroxylation is 1. The van der Waals surface area contributed by atoms with Gasteiger partial charge in [-0.2, -0.15) is 10.1 Å². The SMILES string of the molecule is Cc1ccccc1Nc1cnnc(NC2CCCC2)n1. The van der Waals surface area contributed by atoms with Crippen LogP contribution in [0.2, 0.25) is 0 Å². The number of hydrogen-bond donors (Lipinski definition) is 2. The maximum Gasteiger partial charge on any atom is 0.244 e. The molecule has 0 saturated heterocycles. The van der Waals surface area contributed by atoms with Crippen LogP contribution in [0.15, 0.2) is 30.5 Å². The van der Waals surface area contributed by atoms with Gasteiger partial charge in [-0.1, -0.05) is 31.0 Å². The van der Waals surface area contributed by atoms with Gasteiger partial charge in [0.15, 0.2) is 5.82 Å². The molecule has 0 bridgehead atoms. The number of para-hydroxylation sites is 1. The summed E-state index contributed by atoms with van der Waals surface area (Å²) in [6.07, 6.45) is 6.60. The molecule has 0 radical (unpaired) electrons. The molecule has 20 heavy (non-hydrogen) atoms. The van der Waals surface area contributed by atoms with E-state index < -0.39 is 0 Å². The van der Waals surface area contributed by atoms with Gasteiger partial charge >= 0.3 is 0 Å². The van der Waals surface area contributed by atoms with Crippen molar-refractivity contribution in [1.29, 1.82) is 0 Å². The Balaban J connectivity index is 1.72. The molecule has 0 amide bonds. The standard InChI is InChI=1S/C15H19N5/c1-11-6-2-5-9-13(11)18-14-10-16-20-15(19-14)17-12-7-3-4-8-12/h2,5-6,9-10,12H,3-4,7-8H2,1H3,(H2,17,18,19,20). The minimum Gasteiger partial charge on any atom is -0.350 e. The molecule has 0 spiro atoms. The van der Waals surface area contributed by atoms with E-state index in [2.05, 4.69) is 38.8 Å². The molecule has 1 aromatic heterocycles. The Hall–Kier alpha value is -2.17. The third-order valence-corrected chi connectivity index (χ3v) is 3.66. The summed E-state index contributed by atoms with van der Waals surface area (Å²) in [4.78, 5) is 4.48. The highest BCUT2D eigenvalue weighted by atomic mass is 15.3. The summed E-state index contributed by atoms with van der Waals surface area (Å²) < 4.78 is 0. The minimum atomic E-state index is 0.491. The van der Waals surface area contributed by atoms with Crippen LogP contribution in [0.5, 0.6) is 0 Å². The van der Waals surface area contributed by atoms with Crippen molar-refractivity contribution in [3.8, 4) is 0 Å². The van der Waals surface area contributed by atoms with Gasteiger partial charge in [0.25, 0.3) is 0 Å². The van der Waals surface area contributed by atoms with Crippen molar-refractivity contribution < 1.29 is 0 Å². The fourth-order valence-corrected chi connectivity index (χ4v) is 2.53. The topological polar surface area (TPSA) is 62.7 Å². The fourth-order valence-electron chi connectivity index (χ4n) is 2.53. The molecule has 3 rings (SSSR count). The first-order valence-corrected chi connectivity index (χ1v) is 7.10. The number of rotatable bonds is 4. The van der Waals surface area contributed by atoms with E-state index in [0.29, 0.717) is 12.0 Å².